The number of amides is 1. The van der Waals surface area contributed by atoms with Crippen LogP contribution in [0.25, 0.3) is 0 Å². The van der Waals surface area contributed by atoms with Crippen molar-refractivity contribution in [3.05, 3.63) is 54.1 Å². The number of ether oxygens (including phenoxy) is 1. The molecule has 2 aromatic rings. The first-order valence-electron chi connectivity index (χ1n) is 8.06. The molecule has 1 saturated heterocycles. The zero-order valence-corrected chi connectivity index (χ0v) is 14.8. The summed E-state index contributed by atoms with van der Waals surface area (Å²) in [4.78, 5) is 12.5. The van der Waals surface area contributed by atoms with Crippen molar-refractivity contribution >= 4 is 27.3 Å². The van der Waals surface area contributed by atoms with Gasteiger partial charge < -0.3 is 10.1 Å². The fourth-order valence-corrected chi connectivity index (χ4v) is 4.45. The average Bonchev–Trinajstić information content (AvgIpc) is 2.62. The molecule has 1 amide bonds. The lowest BCUT2D eigenvalue weighted by Gasteiger charge is -2.28. The van der Waals surface area contributed by atoms with Crippen LogP contribution in [-0.2, 0) is 10.0 Å². The number of methoxy groups -OCH3 is 1. The van der Waals surface area contributed by atoms with E-state index in [1.165, 1.54) is 11.4 Å². The molecule has 0 unspecified atom stereocenters. The molecule has 0 atom stereocenters. The number of anilines is 2. The third-order valence-corrected chi connectivity index (χ3v) is 5.97. The Morgan fingerprint density at radius 1 is 1.12 bits per heavy atom. The van der Waals surface area contributed by atoms with Gasteiger partial charge in [-0.05, 0) is 43.2 Å². The van der Waals surface area contributed by atoms with Crippen LogP contribution in [0.2, 0.25) is 0 Å². The summed E-state index contributed by atoms with van der Waals surface area (Å²) in [5.74, 6) is 0.385. The van der Waals surface area contributed by atoms with E-state index in [9.17, 15) is 13.2 Å². The van der Waals surface area contributed by atoms with Crippen molar-refractivity contribution in [2.24, 2.45) is 0 Å². The molecule has 0 saturated carbocycles. The van der Waals surface area contributed by atoms with Crippen LogP contribution in [0.4, 0.5) is 11.4 Å². The molecule has 0 aliphatic carbocycles. The molecular formula is C18H20N2O4S. The Hall–Kier alpha value is -2.54. The molecule has 2 aromatic carbocycles. The molecule has 7 heteroatoms. The molecule has 0 spiro atoms. The molecule has 1 fully saturated rings. The Balaban J connectivity index is 1.85. The lowest BCUT2D eigenvalue weighted by Crippen LogP contribution is -2.37. The molecule has 0 bridgehead atoms. The monoisotopic (exact) mass is 360 g/mol. The van der Waals surface area contributed by atoms with E-state index in [0.717, 1.165) is 6.42 Å². The van der Waals surface area contributed by atoms with Crippen molar-refractivity contribution in [2.75, 3.05) is 29.0 Å². The number of nitrogens with zero attached hydrogens (tertiary/aromatic N) is 1. The Kier molecular flexibility index (Phi) is 4.94. The standard InChI is InChI=1S/C18H20N2O4S/c1-24-17-10-3-2-9-16(17)19-18(21)14-7-6-8-15(13-14)20-11-4-5-12-25(20,22)23/h2-3,6-10,13H,4-5,11-12H2,1H3,(H,19,21). The molecular weight excluding hydrogens is 340 g/mol. The number of carbonyl (C=O) groups is 1. The maximum atomic E-state index is 12.5. The highest BCUT2D eigenvalue weighted by Gasteiger charge is 2.26. The van der Waals surface area contributed by atoms with E-state index in [1.807, 2.05) is 6.07 Å². The summed E-state index contributed by atoms with van der Waals surface area (Å²) in [5.41, 5.74) is 1.47. The highest BCUT2D eigenvalue weighted by molar-refractivity contribution is 7.92. The Labute approximate surface area is 147 Å². The third kappa shape index (κ3) is 3.76. The summed E-state index contributed by atoms with van der Waals surface area (Å²) in [5, 5.41) is 2.80. The first-order valence-corrected chi connectivity index (χ1v) is 9.67. The van der Waals surface area contributed by atoms with Crippen LogP contribution < -0.4 is 14.4 Å². The molecule has 0 radical (unpaired) electrons. The van der Waals surface area contributed by atoms with Crippen LogP contribution in [0, 0.1) is 0 Å². The van der Waals surface area contributed by atoms with Crippen LogP contribution in [-0.4, -0.2) is 33.7 Å². The lowest BCUT2D eigenvalue weighted by atomic mass is 10.1. The molecule has 6 nitrogen and oxygen atoms in total. The second-order valence-electron chi connectivity index (χ2n) is 5.80. The average molecular weight is 360 g/mol. The molecule has 1 N–H and O–H groups in total. The maximum absolute atomic E-state index is 12.5. The van der Waals surface area contributed by atoms with Crippen molar-refractivity contribution in [3.8, 4) is 5.75 Å². The largest absolute Gasteiger partial charge is 0.495 e. The number of nitrogens with one attached hydrogen (secondary N) is 1. The van der Waals surface area contributed by atoms with Crippen LogP contribution in [0.15, 0.2) is 48.5 Å². The van der Waals surface area contributed by atoms with Gasteiger partial charge >= 0.3 is 0 Å². The van der Waals surface area contributed by atoms with E-state index >= 15 is 0 Å². The van der Waals surface area contributed by atoms with Crippen LogP contribution in [0.3, 0.4) is 0 Å². The number of para-hydroxylation sites is 2. The van der Waals surface area contributed by atoms with Gasteiger partial charge in [0.2, 0.25) is 10.0 Å². The van der Waals surface area contributed by atoms with Gasteiger partial charge in [-0.15, -0.1) is 0 Å². The maximum Gasteiger partial charge on any atom is 0.255 e. The summed E-state index contributed by atoms with van der Waals surface area (Å²) in [6.07, 6.45) is 1.49. The molecule has 1 aliphatic rings. The predicted molar refractivity (Wildman–Crippen MR) is 97.8 cm³/mol. The minimum Gasteiger partial charge on any atom is -0.495 e. The fraction of sp³-hybridized carbons (Fsp3) is 0.278. The van der Waals surface area contributed by atoms with E-state index in [-0.39, 0.29) is 11.7 Å². The second kappa shape index (κ2) is 7.14. The van der Waals surface area contributed by atoms with Gasteiger partial charge in [-0.3, -0.25) is 9.10 Å². The van der Waals surface area contributed by atoms with Gasteiger partial charge in [-0.25, -0.2) is 8.42 Å². The van der Waals surface area contributed by atoms with E-state index in [2.05, 4.69) is 5.32 Å². The minimum atomic E-state index is -3.31. The van der Waals surface area contributed by atoms with E-state index in [1.54, 1.807) is 42.5 Å². The molecule has 132 valence electrons. The van der Waals surface area contributed by atoms with Gasteiger partial charge in [-0.2, -0.15) is 0 Å². The smallest absolute Gasteiger partial charge is 0.255 e. The summed E-state index contributed by atoms with van der Waals surface area (Å²) in [6, 6.07) is 13.8. The van der Waals surface area contributed by atoms with E-state index < -0.39 is 10.0 Å². The Bertz CT molecular complexity index is 880. The van der Waals surface area contributed by atoms with Gasteiger partial charge in [0.25, 0.3) is 5.91 Å². The molecule has 3 rings (SSSR count). The molecule has 1 heterocycles. The predicted octanol–water partition coefficient (Wildman–Crippen LogP) is 2.88. The highest BCUT2D eigenvalue weighted by Crippen LogP contribution is 2.26. The quantitative estimate of drug-likeness (QED) is 0.910. The number of carbonyl (C=O) groups excluding carboxylic acids is 1. The minimum absolute atomic E-state index is 0.143. The summed E-state index contributed by atoms with van der Waals surface area (Å²) in [6.45, 7) is 0.444. The zero-order valence-electron chi connectivity index (χ0n) is 13.9. The topological polar surface area (TPSA) is 75.7 Å². The van der Waals surface area contributed by atoms with Crippen molar-refractivity contribution in [1.29, 1.82) is 0 Å². The van der Waals surface area contributed by atoms with Crippen molar-refractivity contribution in [1.82, 2.24) is 0 Å². The third-order valence-electron chi connectivity index (χ3n) is 4.10. The van der Waals surface area contributed by atoms with Crippen molar-refractivity contribution in [2.45, 2.75) is 12.8 Å². The summed E-state index contributed by atoms with van der Waals surface area (Å²) < 4.78 is 31.1. The lowest BCUT2D eigenvalue weighted by molar-refractivity contribution is 0.102. The van der Waals surface area contributed by atoms with Gasteiger partial charge in [-0.1, -0.05) is 18.2 Å². The second-order valence-corrected chi connectivity index (χ2v) is 7.81. The first kappa shape index (κ1) is 17.3. The Morgan fingerprint density at radius 2 is 1.92 bits per heavy atom. The van der Waals surface area contributed by atoms with Gasteiger partial charge in [0.05, 0.1) is 24.2 Å². The molecule has 1 aliphatic heterocycles. The van der Waals surface area contributed by atoms with Crippen molar-refractivity contribution < 1.29 is 17.9 Å². The number of hydrogen-bond acceptors (Lipinski definition) is 4. The van der Waals surface area contributed by atoms with Crippen LogP contribution in [0.1, 0.15) is 23.2 Å². The Morgan fingerprint density at radius 3 is 2.68 bits per heavy atom. The number of hydrogen-bond donors (Lipinski definition) is 1. The van der Waals surface area contributed by atoms with Crippen LogP contribution in [0.5, 0.6) is 5.75 Å². The normalized spacial score (nSPS) is 16.3. The first-order chi connectivity index (χ1) is 12.0. The SMILES string of the molecule is COc1ccccc1NC(=O)c1cccc(N2CCCCS2(=O)=O)c1. The number of benzene rings is 2. The van der Waals surface area contributed by atoms with Crippen molar-refractivity contribution in [3.63, 3.8) is 0 Å². The highest BCUT2D eigenvalue weighted by atomic mass is 32.2. The zero-order chi connectivity index (χ0) is 17.9. The van der Waals surface area contributed by atoms with Gasteiger partial charge in [0.15, 0.2) is 0 Å². The fourth-order valence-electron chi connectivity index (χ4n) is 2.82. The molecule has 0 aromatic heterocycles. The molecule has 25 heavy (non-hydrogen) atoms. The van der Waals surface area contributed by atoms with Gasteiger partial charge in [0.1, 0.15) is 5.75 Å². The summed E-state index contributed by atoms with van der Waals surface area (Å²) in [7, 11) is -1.77. The number of rotatable bonds is 4. The summed E-state index contributed by atoms with van der Waals surface area (Å²) >= 11 is 0. The van der Waals surface area contributed by atoms with Crippen LogP contribution >= 0.6 is 0 Å². The van der Waals surface area contributed by atoms with E-state index in [4.69, 9.17) is 4.74 Å². The number of sulfonamides is 1. The van der Waals surface area contributed by atoms with Gasteiger partial charge in [0, 0.05) is 12.1 Å². The van der Waals surface area contributed by atoms with E-state index in [0.29, 0.717) is 35.7 Å².